The van der Waals surface area contributed by atoms with Crippen LogP contribution in [0.4, 0.5) is 4.79 Å². The average molecular weight is 276 g/mol. The molecule has 1 aromatic rings. The summed E-state index contributed by atoms with van der Waals surface area (Å²) in [6.45, 7) is 1.05. The third-order valence-electron chi connectivity index (χ3n) is 3.43. The molecule has 1 aromatic carbocycles. The lowest BCUT2D eigenvalue weighted by molar-refractivity contribution is -0.136. The van der Waals surface area contributed by atoms with E-state index in [4.69, 9.17) is 5.11 Å². The van der Waals surface area contributed by atoms with Gasteiger partial charge in [-0.15, -0.1) is 0 Å². The smallest absolute Gasteiger partial charge is 0.315 e. The van der Waals surface area contributed by atoms with E-state index in [9.17, 15) is 9.59 Å². The van der Waals surface area contributed by atoms with Crippen molar-refractivity contribution >= 4 is 12.0 Å². The van der Waals surface area contributed by atoms with Crippen molar-refractivity contribution in [2.75, 3.05) is 6.54 Å². The maximum absolute atomic E-state index is 11.6. The molecular formula is C15H20N2O3. The van der Waals surface area contributed by atoms with Gasteiger partial charge in [-0.3, -0.25) is 4.79 Å². The van der Waals surface area contributed by atoms with Crippen molar-refractivity contribution in [2.45, 2.75) is 32.2 Å². The summed E-state index contributed by atoms with van der Waals surface area (Å²) in [5.74, 6) is -0.0714. The SMILES string of the molecule is O=C(O)Cc1ccccc1CNC(=O)NCCC1CC1. The normalized spacial score (nSPS) is 13.8. The number of aliphatic carboxylic acids is 1. The van der Waals surface area contributed by atoms with Gasteiger partial charge in [0.05, 0.1) is 6.42 Å². The van der Waals surface area contributed by atoms with Crippen molar-refractivity contribution in [3.8, 4) is 0 Å². The summed E-state index contributed by atoms with van der Waals surface area (Å²) in [5.41, 5.74) is 1.57. The van der Waals surface area contributed by atoms with E-state index in [0.717, 1.165) is 23.5 Å². The predicted octanol–water partition coefficient (Wildman–Crippen LogP) is 1.91. The van der Waals surface area contributed by atoms with E-state index in [1.165, 1.54) is 12.8 Å². The molecule has 1 saturated carbocycles. The van der Waals surface area contributed by atoms with E-state index in [2.05, 4.69) is 10.6 Å². The second kappa shape index (κ2) is 6.93. The van der Waals surface area contributed by atoms with Crippen LogP contribution in [0, 0.1) is 5.92 Å². The van der Waals surface area contributed by atoms with Gasteiger partial charge in [0, 0.05) is 13.1 Å². The number of carbonyl (C=O) groups excluding carboxylic acids is 1. The maximum atomic E-state index is 11.6. The Kier molecular flexibility index (Phi) is 4.98. The summed E-state index contributed by atoms with van der Waals surface area (Å²) in [7, 11) is 0. The first-order valence-corrected chi connectivity index (χ1v) is 6.95. The number of nitrogens with one attached hydrogen (secondary N) is 2. The first-order chi connectivity index (χ1) is 9.65. The Morgan fingerprint density at radius 3 is 2.50 bits per heavy atom. The Labute approximate surface area is 118 Å². The van der Waals surface area contributed by atoms with Crippen LogP contribution >= 0.6 is 0 Å². The molecule has 0 aliphatic heterocycles. The summed E-state index contributed by atoms with van der Waals surface area (Å²) in [6.07, 6.45) is 3.59. The van der Waals surface area contributed by atoms with Crippen molar-refractivity contribution < 1.29 is 14.7 Å². The van der Waals surface area contributed by atoms with E-state index in [1.54, 1.807) is 12.1 Å². The lowest BCUT2D eigenvalue weighted by Crippen LogP contribution is -2.35. The minimum absolute atomic E-state index is 0.0266. The van der Waals surface area contributed by atoms with Crippen LogP contribution in [0.1, 0.15) is 30.4 Å². The summed E-state index contributed by atoms with van der Waals surface area (Å²) >= 11 is 0. The second-order valence-electron chi connectivity index (χ2n) is 5.18. The number of hydrogen-bond acceptors (Lipinski definition) is 2. The molecule has 1 aliphatic carbocycles. The summed E-state index contributed by atoms with van der Waals surface area (Å²) < 4.78 is 0. The molecule has 5 nitrogen and oxygen atoms in total. The van der Waals surface area contributed by atoms with Gasteiger partial charge in [-0.25, -0.2) is 4.79 Å². The van der Waals surface area contributed by atoms with Gasteiger partial charge in [0.2, 0.25) is 0 Å². The highest BCUT2D eigenvalue weighted by Crippen LogP contribution is 2.31. The quantitative estimate of drug-likeness (QED) is 0.712. The van der Waals surface area contributed by atoms with Crippen molar-refractivity contribution in [1.82, 2.24) is 10.6 Å². The van der Waals surface area contributed by atoms with Gasteiger partial charge in [-0.05, 0) is 23.5 Å². The first-order valence-electron chi connectivity index (χ1n) is 6.95. The Hall–Kier alpha value is -2.04. The molecule has 3 N–H and O–H groups in total. The number of amides is 2. The Bertz CT molecular complexity index is 484. The van der Waals surface area contributed by atoms with Crippen LogP contribution in [0.25, 0.3) is 0 Å². The first kappa shape index (κ1) is 14.4. The van der Waals surface area contributed by atoms with Crippen LogP contribution in [-0.2, 0) is 17.8 Å². The molecule has 0 saturated heterocycles. The number of urea groups is 1. The fourth-order valence-corrected chi connectivity index (χ4v) is 2.10. The summed E-state index contributed by atoms with van der Waals surface area (Å²) in [6, 6.07) is 7.06. The van der Waals surface area contributed by atoms with Crippen LogP contribution in [0.15, 0.2) is 24.3 Å². The zero-order chi connectivity index (χ0) is 14.4. The molecule has 1 fully saturated rings. The van der Waals surface area contributed by atoms with Gasteiger partial charge in [-0.1, -0.05) is 37.1 Å². The standard InChI is InChI=1S/C15H20N2O3/c18-14(19)9-12-3-1-2-4-13(12)10-17-15(20)16-8-7-11-5-6-11/h1-4,11H,5-10H2,(H,18,19)(H2,16,17,20). The van der Waals surface area contributed by atoms with Crippen molar-refractivity contribution in [3.63, 3.8) is 0 Å². The van der Waals surface area contributed by atoms with Gasteiger partial charge < -0.3 is 15.7 Å². The predicted molar refractivity (Wildman–Crippen MR) is 75.4 cm³/mol. The molecule has 0 aromatic heterocycles. The maximum Gasteiger partial charge on any atom is 0.315 e. The molecule has 0 spiro atoms. The van der Waals surface area contributed by atoms with E-state index in [0.29, 0.717) is 13.1 Å². The van der Waals surface area contributed by atoms with E-state index in [1.807, 2.05) is 12.1 Å². The molecule has 2 rings (SSSR count). The third-order valence-corrected chi connectivity index (χ3v) is 3.43. The van der Waals surface area contributed by atoms with Crippen LogP contribution < -0.4 is 10.6 Å². The molecule has 2 amide bonds. The van der Waals surface area contributed by atoms with Crippen molar-refractivity contribution in [3.05, 3.63) is 35.4 Å². The molecule has 0 unspecified atom stereocenters. The highest BCUT2D eigenvalue weighted by Gasteiger charge is 2.20. The van der Waals surface area contributed by atoms with Gasteiger partial charge in [-0.2, -0.15) is 0 Å². The van der Waals surface area contributed by atoms with Gasteiger partial charge in [0.25, 0.3) is 0 Å². The molecule has 0 radical (unpaired) electrons. The largest absolute Gasteiger partial charge is 0.481 e. The molecule has 0 bridgehead atoms. The number of carboxylic acid groups (broad SMARTS) is 1. The second-order valence-corrected chi connectivity index (χ2v) is 5.18. The van der Waals surface area contributed by atoms with Gasteiger partial charge >= 0.3 is 12.0 Å². The molecule has 108 valence electrons. The van der Waals surface area contributed by atoms with Crippen molar-refractivity contribution in [2.24, 2.45) is 5.92 Å². The lowest BCUT2D eigenvalue weighted by atomic mass is 10.0. The fraction of sp³-hybridized carbons (Fsp3) is 0.467. The number of hydrogen-bond donors (Lipinski definition) is 3. The number of carbonyl (C=O) groups is 2. The van der Waals surface area contributed by atoms with Crippen LogP contribution in [0.2, 0.25) is 0 Å². The summed E-state index contributed by atoms with van der Waals surface area (Å²) in [4.78, 5) is 22.4. The van der Waals surface area contributed by atoms with Gasteiger partial charge in [0.15, 0.2) is 0 Å². The van der Waals surface area contributed by atoms with E-state index < -0.39 is 5.97 Å². The van der Waals surface area contributed by atoms with Gasteiger partial charge in [0.1, 0.15) is 0 Å². The zero-order valence-electron chi connectivity index (χ0n) is 11.4. The fourth-order valence-electron chi connectivity index (χ4n) is 2.10. The molecule has 1 aliphatic rings. The van der Waals surface area contributed by atoms with E-state index in [-0.39, 0.29) is 12.5 Å². The minimum Gasteiger partial charge on any atom is -0.481 e. The van der Waals surface area contributed by atoms with Crippen LogP contribution in [0.5, 0.6) is 0 Å². The molecule has 5 heteroatoms. The molecular weight excluding hydrogens is 256 g/mol. The lowest BCUT2D eigenvalue weighted by Gasteiger charge is -2.10. The molecule has 20 heavy (non-hydrogen) atoms. The monoisotopic (exact) mass is 276 g/mol. The Morgan fingerprint density at radius 1 is 1.15 bits per heavy atom. The highest BCUT2D eigenvalue weighted by atomic mass is 16.4. The van der Waals surface area contributed by atoms with E-state index >= 15 is 0 Å². The minimum atomic E-state index is -0.869. The number of rotatable bonds is 7. The highest BCUT2D eigenvalue weighted by molar-refractivity contribution is 5.74. The van der Waals surface area contributed by atoms with Crippen molar-refractivity contribution in [1.29, 1.82) is 0 Å². The topological polar surface area (TPSA) is 78.4 Å². The molecule has 0 heterocycles. The zero-order valence-corrected chi connectivity index (χ0v) is 11.4. The third kappa shape index (κ3) is 4.91. The Morgan fingerprint density at radius 2 is 1.85 bits per heavy atom. The average Bonchev–Trinajstić information content (AvgIpc) is 3.21. The summed E-state index contributed by atoms with van der Waals surface area (Å²) in [5, 5.41) is 14.4. The number of carboxylic acids is 1. The molecule has 0 atom stereocenters. The van der Waals surface area contributed by atoms with Crippen LogP contribution in [0.3, 0.4) is 0 Å². The van der Waals surface area contributed by atoms with Crippen LogP contribution in [-0.4, -0.2) is 23.7 Å². The Balaban J connectivity index is 1.76. The number of benzene rings is 1.